The third-order valence-electron chi connectivity index (χ3n) is 10.8. The predicted octanol–water partition coefficient (Wildman–Crippen LogP) is 15.2. The minimum absolute atomic E-state index is 0.102. The van der Waals surface area contributed by atoms with Crippen LogP contribution in [0.15, 0.2) is 0 Å². The molecule has 0 aliphatic rings. The molecule has 0 saturated heterocycles. The summed E-state index contributed by atoms with van der Waals surface area (Å²) in [6, 6.07) is 0. The molecule has 4 nitrogen and oxygen atoms in total. The minimum Gasteiger partial charge on any atom is -0.0654 e. The molecule has 304 valence electrons. The van der Waals surface area contributed by atoms with E-state index in [9.17, 15) is 9.59 Å². The van der Waals surface area contributed by atoms with Gasteiger partial charge >= 0.3 is 272 Å². The van der Waals surface area contributed by atoms with Crippen molar-refractivity contribution in [3.05, 3.63) is 0 Å². The van der Waals surface area contributed by atoms with Crippen LogP contribution < -0.4 is 0 Å². The van der Waals surface area contributed by atoms with Gasteiger partial charge in [0.25, 0.3) is 0 Å². The van der Waals surface area contributed by atoms with Gasteiger partial charge in [-0.15, -0.1) is 0 Å². The molecule has 0 heterocycles. The summed E-state index contributed by atoms with van der Waals surface area (Å²) >= 11 is 5.01. The first-order valence-corrected chi connectivity index (χ1v) is 30.2. The van der Waals surface area contributed by atoms with Crippen LogP contribution in [0.2, 0.25) is 8.87 Å². The smallest absolute Gasteiger partial charge is 0.0654 e. The van der Waals surface area contributed by atoms with Crippen molar-refractivity contribution in [2.45, 2.75) is 242 Å². The van der Waals surface area contributed by atoms with Gasteiger partial charge in [0.15, 0.2) is 0 Å². The molecular formula is C44H88O4S2Sn. The summed E-state index contributed by atoms with van der Waals surface area (Å²) in [5.41, 5.74) is 0. The minimum atomic E-state index is -4.03. The maximum absolute atomic E-state index is 13.9. The van der Waals surface area contributed by atoms with Gasteiger partial charge in [0, 0.05) is 0 Å². The molecule has 0 bridgehead atoms. The molecule has 0 aromatic rings. The van der Waals surface area contributed by atoms with Crippen molar-refractivity contribution in [1.29, 1.82) is 0 Å². The molecule has 0 fully saturated rings. The Hall–Kier alpha value is 0.439. The number of hydrogen-bond acceptors (Lipinski definition) is 6. The van der Waals surface area contributed by atoms with E-state index in [1.807, 2.05) is 0 Å². The molecule has 0 N–H and O–H groups in total. The van der Waals surface area contributed by atoms with Crippen molar-refractivity contribution in [2.75, 3.05) is 11.5 Å². The van der Waals surface area contributed by atoms with Gasteiger partial charge < -0.3 is 0 Å². The van der Waals surface area contributed by atoms with Gasteiger partial charge in [-0.05, 0) is 0 Å². The summed E-state index contributed by atoms with van der Waals surface area (Å²) in [6.07, 6.45) is 38.6. The fourth-order valence-electron chi connectivity index (χ4n) is 7.31. The van der Waals surface area contributed by atoms with E-state index >= 15 is 0 Å². The summed E-state index contributed by atoms with van der Waals surface area (Å²) in [5, 5.41) is 0. The standard InChI is InChI=1S/2C18H36O2S.2C4H9.Sn/c2*1-2-3-4-5-6-7-8-9-10-11-12-13-14-17(15-16-21)18(19)20;2*1-3-4-2;/h2*17,21H,2-16H2,1H3,(H,19,20);2*1,3-4H2,2H3;/q;;;;+2/p-2. The second-order valence-corrected chi connectivity index (χ2v) is 25.8. The van der Waals surface area contributed by atoms with E-state index in [2.05, 4.69) is 53.0 Å². The average Bonchev–Trinajstić information content (AvgIpc) is 3.13. The zero-order valence-electron chi connectivity index (χ0n) is 34.6. The van der Waals surface area contributed by atoms with Crippen LogP contribution in [0.5, 0.6) is 0 Å². The van der Waals surface area contributed by atoms with Gasteiger partial charge in [-0.1, -0.05) is 65.2 Å². The third kappa shape index (κ3) is 30.4. The van der Waals surface area contributed by atoms with Gasteiger partial charge in [0.05, 0.1) is 0 Å². The monoisotopic (exact) mass is 865 g/mol. The Morgan fingerprint density at radius 3 is 0.902 bits per heavy atom. The molecule has 0 rings (SSSR count). The molecule has 51 heavy (non-hydrogen) atoms. The van der Waals surface area contributed by atoms with Crippen molar-refractivity contribution in [2.24, 2.45) is 11.8 Å². The summed E-state index contributed by atoms with van der Waals surface area (Å²) in [7, 11) is 0. The molecular weight excluding hydrogens is 775 g/mol. The first-order chi connectivity index (χ1) is 24.9. The normalized spacial score (nSPS) is 13.0. The van der Waals surface area contributed by atoms with E-state index in [4.69, 9.17) is 6.15 Å². The number of carbonyl (C=O) groups is 2. The van der Waals surface area contributed by atoms with Crippen LogP contribution in [0.25, 0.3) is 0 Å². The van der Waals surface area contributed by atoms with Crippen molar-refractivity contribution in [3.63, 3.8) is 0 Å². The van der Waals surface area contributed by atoms with Crippen LogP contribution in [-0.4, -0.2) is 42.6 Å². The quantitative estimate of drug-likeness (QED) is 0.0366. The molecule has 2 unspecified atom stereocenters. The van der Waals surface area contributed by atoms with Crippen LogP contribution >= 0.6 is 25.3 Å². The first-order valence-electron chi connectivity index (χ1n) is 22.6. The van der Waals surface area contributed by atoms with Crippen LogP contribution in [0.3, 0.4) is 0 Å². The molecule has 7 heteroatoms. The van der Waals surface area contributed by atoms with Crippen molar-refractivity contribution in [3.8, 4) is 0 Å². The summed E-state index contributed by atoms with van der Waals surface area (Å²) in [5.74, 6) is 0.862. The second kappa shape index (κ2) is 38.7. The number of hydrogen-bond donors (Lipinski definition) is 2. The molecule has 2 atom stereocenters. The van der Waals surface area contributed by atoms with Crippen LogP contribution in [-0.2, 0) is 15.7 Å². The Bertz CT molecular complexity index is 705. The second-order valence-electron chi connectivity index (χ2n) is 15.7. The number of unbranched alkanes of at least 4 members (excludes halogenated alkanes) is 24. The van der Waals surface area contributed by atoms with E-state index in [1.54, 1.807) is 0 Å². The van der Waals surface area contributed by atoms with Gasteiger partial charge in [0.2, 0.25) is 0 Å². The van der Waals surface area contributed by atoms with Gasteiger partial charge in [-0.25, -0.2) is 0 Å². The number of rotatable bonds is 40. The van der Waals surface area contributed by atoms with E-state index in [1.165, 1.54) is 141 Å². The summed E-state index contributed by atoms with van der Waals surface area (Å²) in [4.78, 5) is 27.7. The van der Waals surface area contributed by atoms with E-state index in [-0.39, 0.29) is 23.8 Å². The van der Waals surface area contributed by atoms with E-state index in [0.717, 1.165) is 73.1 Å². The Kier molecular flexibility index (Phi) is 39.0. The SMILES string of the molecule is CCCCCCCCCCCCCCC(CCS)C(=O)[O][Sn]([CH2]CCC)([CH2]CCC)[O]C(=O)C(CCS)CCCCCCCCCCCCCC. The van der Waals surface area contributed by atoms with Crippen molar-refractivity contribution in [1.82, 2.24) is 0 Å². The molecule has 0 radical (unpaired) electrons. The van der Waals surface area contributed by atoms with Crippen LogP contribution in [0, 0.1) is 11.8 Å². The Morgan fingerprint density at radius 1 is 0.392 bits per heavy atom. The van der Waals surface area contributed by atoms with Gasteiger partial charge in [-0.3, -0.25) is 0 Å². The predicted molar refractivity (Wildman–Crippen MR) is 233 cm³/mol. The van der Waals surface area contributed by atoms with Gasteiger partial charge in [-0.2, -0.15) is 0 Å². The zero-order chi connectivity index (χ0) is 37.7. The van der Waals surface area contributed by atoms with Crippen LogP contribution in [0.1, 0.15) is 233 Å². The maximum atomic E-state index is 13.9. The third-order valence-corrected chi connectivity index (χ3v) is 21.0. The van der Waals surface area contributed by atoms with E-state index in [0.29, 0.717) is 11.5 Å². The Morgan fingerprint density at radius 2 is 0.647 bits per heavy atom. The average molecular weight is 864 g/mol. The molecule has 0 amide bonds. The molecule has 0 aromatic carbocycles. The zero-order valence-corrected chi connectivity index (χ0v) is 39.3. The van der Waals surface area contributed by atoms with Crippen molar-refractivity contribution >= 4 is 56.4 Å². The summed E-state index contributed by atoms with van der Waals surface area (Å²) < 4.78 is 14.8. The van der Waals surface area contributed by atoms with E-state index < -0.39 is 19.2 Å². The molecule has 0 spiro atoms. The topological polar surface area (TPSA) is 52.6 Å². The first kappa shape index (κ1) is 51.4. The fourth-order valence-corrected chi connectivity index (χ4v) is 18.1. The number of thiol groups is 2. The fraction of sp³-hybridized carbons (Fsp3) is 0.955. The van der Waals surface area contributed by atoms with Gasteiger partial charge in [0.1, 0.15) is 0 Å². The molecule has 0 aromatic heterocycles. The Balaban J connectivity index is 5.01. The molecule has 0 aliphatic heterocycles. The number of carbonyl (C=O) groups excluding carboxylic acids is 2. The van der Waals surface area contributed by atoms with Crippen LogP contribution in [0.4, 0.5) is 0 Å². The Labute approximate surface area is 335 Å². The molecule has 0 aliphatic carbocycles. The summed E-state index contributed by atoms with van der Waals surface area (Å²) in [6.45, 7) is 8.91. The molecule has 0 saturated carbocycles. The van der Waals surface area contributed by atoms with Crippen molar-refractivity contribution < 1.29 is 15.7 Å².